The van der Waals surface area contributed by atoms with Gasteiger partial charge in [0.1, 0.15) is 0 Å². The Bertz CT molecular complexity index is 593. The van der Waals surface area contributed by atoms with Gasteiger partial charge in [0, 0.05) is 51.0 Å². The van der Waals surface area contributed by atoms with Gasteiger partial charge in [-0.15, -0.1) is 0 Å². The van der Waals surface area contributed by atoms with Crippen molar-refractivity contribution in [1.82, 2.24) is 19.8 Å². The molecule has 1 aliphatic rings. The molecule has 1 fully saturated rings. The van der Waals surface area contributed by atoms with Gasteiger partial charge in [0.25, 0.3) is 11.8 Å². The fourth-order valence-electron chi connectivity index (χ4n) is 2.46. The average Bonchev–Trinajstić information content (AvgIpc) is 2.62. The van der Waals surface area contributed by atoms with Crippen LogP contribution in [-0.4, -0.2) is 57.8 Å². The van der Waals surface area contributed by atoms with Gasteiger partial charge in [-0.3, -0.25) is 19.6 Å². The first-order chi connectivity index (χ1) is 10.8. The van der Waals surface area contributed by atoms with Gasteiger partial charge in [-0.05, 0) is 24.3 Å². The lowest BCUT2D eigenvalue weighted by atomic mass is 10.2. The van der Waals surface area contributed by atoms with Crippen molar-refractivity contribution < 1.29 is 9.59 Å². The molecule has 2 aromatic heterocycles. The highest BCUT2D eigenvalue weighted by Gasteiger charge is 2.25. The lowest BCUT2D eigenvalue weighted by Crippen LogP contribution is -2.50. The average molecular weight is 296 g/mol. The molecule has 3 heterocycles. The molecule has 2 amide bonds. The Labute approximate surface area is 128 Å². The number of amides is 2. The Morgan fingerprint density at radius 2 is 1.18 bits per heavy atom. The van der Waals surface area contributed by atoms with Crippen LogP contribution in [0.15, 0.2) is 49.1 Å². The van der Waals surface area contributed by atoms with E-state index in [2.05, 4.69) is 9.97 Å². The van der Waals surface area contributed by atoms with Crippen molar-refractivity contribution in [2.75, 3.05) is 26.2 Å². The Kier molecular flexibility index (Phi) is 4.09. The molecule has 1 saturated heterocycles. The van der Waals surface area contributed by atoms with Gasteiger partial charge >= 0.3 is 0 Å². The summed E-state index contributed by atoms with van der Waals surface area (Å²) < 4.78 is 0. The van der Waals surface area contributed by atoms with E-state index in [1.807, 2.05) is 0 Å². The summed E-state index contributed by atoms with van der Waals surface area (Å²) in [5.74, 6) is -0.0804. The van der Waals surface area contributed by atoms with Crippen LogP contribution in [0.5, 0.6) is 0 Å². The van der Waals surface area contributed by atoms with Crippen molar-refractivity contribution >= 4 is 11.8 Å². The first kappa shape index (κ1) is 14.2. The van der Waals surface area contributed by atoms with E-state index in [-0.39, 0.29) is 11.8 Å². The Morgan fingerprint density at radius 1 is 0.773 bits per heavy atom. The molecule has 0 bridgehead atoms. The maximum Gasteiger partial charge on any atom is 0.255 e. The zero-order valence-electron chi connectivity index (χ0n) is 12.1. The summed E-state index contributed by atoms with van der Waals surface area (Å²) in [6, 6.07) is 7.00. The second kappa shape index (κ2) is 6.34. The second-order valence-corrected chi connectivity index (χ2v) is 5.07. The summed E-state index contributed by atoms with van der Waals surface area (Å²) in [4.78, 5) is 36.1. The predicted molar refractivity (Wildman–Crippen MR) is 80.3 cm³/mol. The minimum Gasteiger partial charge on any atom is -0.335 e. The van der Waals surface area contributed by atoms with Crippen molar-refractivity contribution in [2.24, 2.45) is 0 Å². The quantitative estimate of drug-likeness (QED) is 0.831. The van der Waals surface area contributed by atoms with E-state index in [9.17, 15) is 9.59 Å². The van der Waals surface area contributed by atoms with Crippen molar-refractivity contribution in [1.29, 1.82) is 0 Å². The topological polar surface area (TPSA) is 66.4 Å². The molecule has 0 aromatic carbocycles. The van der Waals surface area contributed by atoms with Crippen molar-refractivity contribution in [3.8, 4) is 0 Å². The van der Waals surface area contributed by atoms with E-state index >= 15 is 0 Å². The van der Waals surface area contributed by atoms with Crippen molar-refractivity contribution in [3.05, 3.63) is 60.2 Å². The molecule has 6 heteroatoms. The highest BCUT2D eigenvalue weighted by atomic mass is 16.2. The lowest BCUT2D eigenvalue weighted by Gasteiger charge is -2.34. The molecular formula is C16H16N4O2. The van der Waals surface area contributed by atoms with Crippen LogP contribution in [0.2, 0.25) is 0 Å². The number of hydrogen-bond acceptors (Lipinski definition) is 4. The number of pyridine rings is 2. The molecule has 0 saturated carbocycles. The minimum atomic E-state index is -0.0402. The summed E-state index contributed by atoms with van der Waals surface area (Å²) in [7, 11) is 0. The summed E-state index contributed by atoms with van der Waals surface area (Å²) in [5.41, 5.74) is 1.16. The van der Waals surface area contributed by atoms with Gasteiger partial charge in [-0.1, -0.05) is 0 Å². The van der Waals surface area contributed by atoms with Crippen LogP contribution in [0, 0.1) is 0 Å². The predicted octanol–water partition coefficient (Wildman–Crippen LogP) is 1.07. The normalized spacial score (nSPS) is 14.7. The Morgan fingerprint density at radius 3 is 1.50 bits per heavy atom. The molecular weight excluding hydrogens is 280 g/mol. The number of carbonyl (C=O) groups is 2. The van der Waals surface area contributed by atoms with E-state index in [4.69, 9.17) is 0 Å². The highest BCUT2D eigenvalue weighted by Crippen LogP contribution is 2.10. The van der Waals surface area contributed by atoms with Crippen LogP contribution in [0.25, 0.3) is 0 Å². The molecule has 3 rings (SSSR count). The Hall–Kier alpha value is -2.76. The summed E-state index contributed by atoms with van der Waals surface area (Å²) in [6.45, 7) is 2.11. The molecule has 0 aliphatic carbocycles. The SMILES string of the molecule is O=C(c1cccnc1)N1CCN(C(=O)c2cccnc2)CC1. The first-order valence-electron chi connectivity index (χ1n) is 7.14. The van der Waals surface area contributed by atoms with E-state index < -0.39 is 0 Å². The van der Waals surface area contributed by atoms with E-state index in [1.165, 1.54) is 0 Å². The third-order valence-corrected chi connectivity index (χ3v) is 3.67. The number of piperazine rings is 1. The van der Waals surface area contributed by atoms with Crippen LogP contribution in [0.4, 0.5) is 0 Å². The highest BCUT2D eigenvalue weighted by molar-refractivity contribution is 5.95. The molecule has 0 radical (unpaired) electrons. The number of rotatable bonds is 2. The largest absolute Gasteiger partial charge is 0.335 e. The zero-order chi connectivity index (χ0) is 15.4. The third-order valence-electron chi connectivity index (χ3n) is 3.67. The smallest absolute Gasteiger partial charge is 0.255 e. The number of hydrogen-bond donors (Lipinski definition) is 0. The summed E-state index contributed by atoms with van der Waals surface area (Å²) in [6.07, 6.45) is 6.41. The van der Waals surface area contributed by atoms with Gasteiger partial charge in [-0.25, -0.2) is 0 Å². The van der Waals surface area contributed by atoms with Crippen molar-refractivity contribution in [2.45, 2.75) is 0 Å². The lowest BCUT2D eigenvalue weighted by molar-refractivity contribution is 0.0535. The van der Waals surface area contributed by atoms with E-state index in [0.29, 0.717) is 37.3 Å². The molecule has 112 valence electrons. The number of nitrogens with zero attached hydrogens (tertiary/aromatic N) is 4. The zero-order valence-corrected chi connectivity index (χ0v) is 12.1. The third kappa shape index (κ3) is 2.95. The number of carbonyl (C=O) groups excluding carboxylic acids is 2. The summed E-state index contributed by atoms with van der Waals surface area (Å²) in [5, 5.41) is 0. The fourth-order valence-corrected chi connectivity index (χ4v) is 2.46. The van der Waals surface area contributed by atoms with Crippen LogP contribution < -0.4 is 0 Å². The van der Waals surface area contributed by atoms with Crippen LogP contribution in [-0.2, 0) is 0 Å². The van der Waals surface area contributed by atoms with E-state index in [0.717, 1.165) is 0 Å². The molecule has 6 nitrogen and oxygen atoms in total. The minimum absolute atomic E-state index is 0.0402. The number of aromatic nitrogens is 2. The monoisotopic (exact) mass is 296 g/mol. The van der Waals surface area contributed by atoms with Gasteiger partial charge in [-0.2, -0.15) is 0 Å². The van der Waals surface area contributed by atoms with Gasteiger partial charge in [0.2, 0.25) is 0 Å². The van der Waals surface area contributed by atoms with Crippen molar-refractivity contribution in [3.63, 3.8) is 0 Å². The molecule has 0 spiro atoms. The fraction of sp³-hybridized carbons (Fsp3) is 0.250. The second-order valence-electron chi connectivity index (χ2n) is 5.07. The summed E-state index contributed by atoms with van der Waals surface area (Å²) >= 11 is 0. The van der Waals surface area contributed by atoms with E-state index in [1.54, 1.807) is 58.9 Å². The maximum absolute atomic E-state index is 12.3. The molecule has 0 N–H and O–H groups in total. The maximum atomic E-state index is 12.3. The molecule has 0 atom stereocenters. The molecule has 0 unspecified atom stereocenters. The van der Waals surface area contributed by atoms with Crippen LogP contribution >= 0.6 is 0 Å². The Balaban J connectivity index is 1.61. The van der Waals surface area contributed by atoms with Gasteiger partial charge in [0.05, 0.1) is 11.1 Å². The molecule has 1 aliphatic heterocycles. The molecule has 2 aromatic rings. The first-order valence-corrected chi connectivity index (χ1v) is 7.14. The van der Waals surface area contributed by atoms with Crippen LogP contribution in [0.3, 0.4) is 0 Å². The van der Waals surface area contributed by atoms with Gasteiger partial charge < -0.3 is 9.80 Å². The standard InChI is InChI=1S/C16H16N4O2/c21-15(13-3-1-5-17-11-13)19-7-9-20(10-8-19)16(22)14-4-2-6-18-12-14/h1-6,11-12H,7-10H2. The molecule has 22 heavy (non-hydrogen) atoms. The van der Waals surface area contributed by atoms with Gasteiger partial charge in [0.15, 0.2) is 0 Å². The van der Waals surface area contributed by atoms with Crippen LogP contribution in [0.1, 0.15) is 20.7 Å².